The highest BCUT2D eigenvalue weighted by molar-refractivity contribution is 5.76. The minimum Gasteiger partial charge on any atom is -0.497 e. The molecule has 31 heavy (non-hydrogen) atoms. The zero-order chi connectivity index (χ0) is 22.4. The van der Waals surface area contributed by atoms with Crippen LogP contribution in [0, 0.1) is 0 Å². The zero-order valence-corrected chi connectivity index (χ0v) is 17.9. The minimum atomic E-state index is -4.36. The van der Waals surface area contributed by atoms with Crippen LogP contribution in [0.3, 0.4) is 0 Å². The van der Waals surface area contributed by atoms with Gasteiger partial charge in [0.2, 0.25) is 5.91 Å². The van der Waals surface area contributed by atoms with Crippen molar-refractivity contribution >= 4 is 5.91 Å². The molecule has 2 aromatic carbocycles. The van der Waals surface area contributed by atoms with Gasteiger partial charge in [-0.1, -0.05) is 31.2 Å². The van der Waals surface area contributed by atoms with Crippen molar-refractivity contribution in [3.05, 3.63) is 65.2 Å². The number of benzene rings is 2. The molecule has 1 saturated heterocycles. The number of nitrogens with zero attached hydrogens (tertiary/aromatic N) is 1. The van der Waals surface area contributed by atoms with Gasteiger partial charge in [0.05, 0.1) is 18.7 Å². The Morgan fingerprint density at radius 1 is 1.10 bits per heavy atom. The van der Waals surface area contributed by atoms with Gasteiger partial charge >= 0.3 is 6.18 Å². The lowest BCUT2D eigenvalue weighted by Crippen LogP contribution is -2.37. The van der Waals surface area contributed by atoms with Gasteiger partial charge in [-0.05, 0) is 67.2 Å². The number of hydrogen-bond acceptors (Lipinski definition) is 3. The van der Waals surface area contributed by atoms with E-state index in [0.717, 1.165) is 49.4 Å². The summed E-state index contributed by atoms with van der Waals surface area (Å²) in [4.78, 5) is 15.0. The molecular formula is C24H29F3N2O2. The molecule has 4 nitrogen and oxygen atoms in total. The molecule has 0 bridgehead atoms. The molecule has 2 aromatic rings. The van der Waals surface area contributed by atoms with Crippen LogP contribution in [-0.2, 0) is 11.0 Å². The van der Waals surface area contributed by atoms with Crippen molar-refractivity contribution in [2.75, 3.05) is 26.7 Å². The fourth-order valence-electron chi connectivity index (χ4n) is 4.04. The predicted octanol–water partition coefficient (Wildman–Crippen LogP) is 5.16. The van der Waals surface area contributed by atoms with Crippen molar-refractivity contribution in [2.24, 2.45) is 0 Å². The maximum atomic E-state index is 12.7. The Hall–Kier alpha value is -2.54. The standard InChI is InChI=1S/C24H29F3N2O2/c1-17(18-8-10-20(11-9-18)24(25,26)27)14-23(30)28-16-22(29-12-3-4-13-29)19-6-5-7-21(15-19)31-2/h5-11,15,17,22H,3-4,12-14,16H2,1-2H3,(H,28,30). The van der Waals surface area contributed by atoms with Crippen molar-refractivity contribution in [3.8, 4) is 5.75 Å². The second kappa shape index (κ2) is 10.2. The molecule has 2 unspecified atom stereocenters. The Morgan fingerprint density at radius 2 is 1.77 bits per heavy atom. The largest absolute Gasteiger partial charge is 0.497 e. The second-order valence-corrected chi connectivity index (χ2v) is 8.06. The van der Waals surface area contributed by atoms with Crippen molar-refractivity contribution in [3.63, 3.8) is 0 Å². The van der Waals surface area contributed by atoms with Gasteiger partial charge in [-0.2, -0.15) is 13.2 Å². The minimum absolute atomic E-state index is 0.0583. The highest BCUT2D eigenvalue weighted by Crippen LogP contribution is 2.31. The Labute approximate surface area is 181 Å². The number of amides is 1. The van der Waals surface area contributed by atoms with Gasteiger partial charge < -0.3 is 10.1 Å². The van der Waals surface area contributed by atoms with Crippen LogP contribution in [0.4, 0.5) is 13.2 Å². The molecule has 0 spiro atoms. The number of rotatable bonds is 8. The van der Waals surface area contributed by atoms with Crippen LogP contribution >= 0.6 is 0 Å². The normalized spacial score (nSPS) is 16.7. The summed E-state index contributed by atoms with van der Waals surface area (Å²) in [5.74, 6) is 0.493. The molecule has 0 saturated carbocycles. The highest BCUT2D eigenvalue weighted by Gasteiger charge is 2.30. The summed E-state index contributed by atoms with van der Waals surface area (Å²) in [6, 6.07) is 13.0. The molecule has 0 radical (unpaired) electrons. The van der Waals surface area contributed by atoms with E-state index in [1.165, 1.54) is 12.1 Å². The van der Waals surface area contributed by atoms with Crippen LogP contribution in [-0.4, -0.2) is 37.6 Å². The van der Waals surface area contributed by atoms with Gasteiger partial charge in [-0.25, -0.2) is 0 Å². The third kappa shape index (κ3) is 6.23. The molecule has 3 rings (SSSR count). The first-order chi connectivity index (χ1) is 14.8. The average Bonchev–Trinajstić information content (AvgIpc) is 3.28. The number of carbonyl (C=O) groups excluding carboxylic acids is 1. The third-order valence-corrected chi connectivity index (χ3v) is 5.85. The van der Waals surface area contributed by atoms with Gasteiger partial charge in [-0.15, -0.1) is 0 Å². The molecular weight excluding hydrogens is 405 g/mol. The number of hydrogen-bond donors (Lipinski definition) is 1. The van der Waals surface area contributed by atoms with Crippen molar-refractivity contribution in [2.45, 2.75) is 44.3 Å². The lowest BCUT2D eigenvalue weighted by atomic mass is 9.96. The van der Waals surface area contributed by atoms with E-state index < -0.39 is 11.7 Å². The van der Waals surface area contributed by atoms with Crippen LogP contribution < -0.4 is 10.1 Å². The maximum absolute atomic E-state index is 12.7. The van der Waals surface area contributed by atoms with Gasteiger partial charge in [0.1, 0.15) is 5.75 Å². The fourth-order valence-corrected chi connectivity index (χ4v) is 4.04. The van der Waals surface area contributed by atoms with E-state index >= 15 is 0 Å². The van der Waals surface area contributed by atoms with Crippen molar-refractivity contribution in [1.29, 1.82) is 0 Å². The number of methoxy groups -OCH3 is 1. The molecule has 1 aliphatic heterocycles. The zero-order valence-electron chi connectivity index (χ0n) is 17.9. The predicted molar refractivity (Wildman–Crippen MR) is 114 cm³/mol. The van der Waals surface area contributed by atoms with Crippen LogP contribution in [0.25, 0.3) is 0 Å². The molecule has 1 aliphatic rings. The quantitative estimate of drug-likeness (QED) is 0.624. The SMILES string of the molecule is COc1cccc(C(CNC(=O)CC(C)c2ccc(C(F)(F)F)cc2)N2CCCC2)c1. The number of alkyl halides is 3. The van der Waals surface area contributed by atoms with Crippen LogP contribution in [0.15, 0.2) is 48.5 Å². The fraction of sp³-hybridized carbons (Fsp3) is 0.458. The van der Waals surface area contributed by atoms with Crippen molar-refractivity contribution in [1.82, 2.24) is 10.2 Å². The number of nitrogens with one attached hydrogen (secondary N) is 1. The summed E-state index contributed by atoms with van der Waals surface area (Å²) >= 11 is 0. The summed E-state index contributed by atoms with van der Waals surface area (Å²) in [6.45, 7) is 4.30. The molecule has 1 heterocycles. The van der Waals surface area contributed by atoms with E-state index in [2.05, 4.69) is 10.2 Å². The third-order valence-electron chi connectivity index (χ3n) is 5.85. The summed E-state index contributed by atoms with van der Waals surface area (Å²) in [7, 11) is 1.63. The number of ether oxygens (including phenoxy) is 1. The Morgan fingerprint density at radius 3 is 2.39 bits per heavy atom. The smallest absolute Gasteiger partial charge is 0.416 e. The van der Waals surface area contributed by atoms with Gasteiger partial charge in [0, 0.05) is 13.0 Å². The monoisotopic (exact) mass is 434 g/mol. The molecule has 7 heteroatoms. The Balaban J connectivity index is 1.61. The molecule has 2 atom stereocenters. The Kier molecular flexibility index (Phi) is 7.59. The van der Waals surface area contributed by atoms with E-state index in [0.29, 0.717) is 12.1 Å². The second-order valence-electron chi connectivity index (χ2n) is 8.06. The van der Waals surface area contributed by atoms with Gasteiger partial charge in [0.25, 0.3) is 0 Å². The number of carbonyl (C=O) groups is 1. The highest BCUT2D eigenvalue weighted by atomic mass is 19.4. The lowest BCUT2D eigenvalue weighted by Gasteiger charge is -2.28. The van der Waals surface area contributed by atoms with Crippen molar-refractivity contribution < 1.29 is 22.7 Å². The summed E-state index contributed by atoms with van der Waals surface area (Å²) in [6.07, 6.45) is -1.86. The summed E-state index contributed by atoms with van der Waals surface area (Å²) < 4.78 is 43.6. The lowest BCUT2D eigenvalue weighted by molar-refractivity contribution is -0.137. The molecule has 0 aromatic heterocycles. The van der Waals surface area contributed by atoms with Crippen LogP contribution in [0.1, 0.15) is 54.8 Å². The van der Waals surface area contributed by atoms with Crippen LogP contribution in [0.5, 0.6) is 5.75 Å². The number of likely N-dealkylation sites (tertiary alicyclic amines) is 1. The van der Waals surface area contributed by atoms with Gasteiger partial charge in [-0.3, -0.25) is 9.69 Å². The average molecular weight is 435 g/mol. The maximum Gasteiger partial charge on any atom is 0.416 e. The summed E-state index contributed by atoms with van der Waals surface area (Å²) in [5.41, 5.74) is 1.13. The molecule has 168 valence electrons. The Bertz CT molecular complexity index is 862. The topological polar surface area (TPSA) is 41.6 Å². The molecule has 0 aliphatic carbocycles. The molecule has 1 amide bonds. The first-order valence-electron chi connectivity index (χ1n) is 10.6. The number of halogens is 3. The van der Waals surface area contributed by atoms with E-state index in [1.54, 1.807) is 7.11 Å². The first kappa shape index (κ1) is 23.1. The van der Waals surface area contributed by atoms with E-state index in [-0.39, 0.29) is 24.3 Å². The summed E-state index contributed by atoms with van der Waals surface area (Å²) in [5, 5.41) is 3.03. The van der Waals surface area contributed by atoms with E-state index in [1.807, 2.05) is 31.2 Å². The van der Waals surface area contributed by atoms with Gasteiger partial charge in [0.15, 0.2) is 0 Å². The molecule has 1 N–H and O–H groups in total. The molecule has 1 fully saturated rings. The first-order valence-corrected chi connectivity index (χ1v) is 10.6. The van der Waals surface area contributed by atoms with Crippen LogP contribution in [0.2, 0.25) is 0 Å². The van der Waals surface area contributed by atoms with E-state index in [9.17, 15) is 18.0 Å². The van der Waals surface area contributed by atoms with E-state index in [4.69, 9.17) is 4.74 Å².